The van der Waals surface area contributed by atoms with Crippen LogP contribution in [0.1, 0.15) is 12.2 Å². The van der Waals surface area contributed by atoms with Crippen molar-refractivity contribution < 1.29 is 9.21 Å². The quantitative estimate of drug-likeness (QED) is 0.890. The van der Waals surface area contributed by atoms with Crippen molar-refractivity contribution in [3.63, 3.8) is 0 Å². The van der Waals surface area contributed by atoms with Gasteiger partial charge in [0.15, 0.2) is 0 Å². The third-order valence-electron chi connectivity index (χ3n) is 2.77. The molecule has 0 radical (unpaired) electrons. The highest BCUT2D eigenvalue weighted by atomic mass is 16.3. The summed E-state index contributed by atoms with van der Waals surface area (Å²) in [5.41, 5.74) is 2.22. The molecule has 0 unspecified atom stereocenters. The zero-order chi connectivity index (χ0) is 13.1. The summed E-state index contributed by atoms with van der Waals surface area (Å²) in [7, 11) is 0. The summed E-state index contributed by atoms with van der Waals surface area (Å²) in [6.45, 7) is 0. The van der Waals surface area contributed by atoms with E-state index in [1.165, 1.54) is 0 Å². The highest BCUT2D eigenvalue weighted by Crippen LogP contribution is 2.27. The molecule has 4 heteroatoms. The number of rotatable bonds is 2. The van der Waals surface area contributed by atoms with Gasteiger partial charge in [-0.05, 0) is 36.4 Å². The molecule has 94 valence electrons. The third-order valence-corrected chi connectivity index (χ3v) is 2.77. The summed E-state index contributed by atoms with van der Waals surface area (Å²) in [6.07, 6.45) is 5.48. The molecule has 0 spiro atoms. The van der Waals surface area contributed by atoms with E-state index in [2.05, 4.69) is 10.3 Å². The fourth-order valence-corrected chi connectivity index (χ4v) is 1.89. The Morgan fingerprint density at radius 2 is 2.05 bits per heavy atom. The number of anilines is 1. The highest BCUT2D eigenvalue weighted by molar-refractivity contribution is 6.15. The van der Waals surface area contributed by atoms with E-state index in [-0.39, 0.29) is 12.3 Å². The van der Waals surface area contributed by atoms with Gasteiger partial charge in [0, 0.05) is 0 Å². The predicted molar refractivity (Wildman–Crippen MR) is 74.5 cm³/mol. The van der Waals surface area contributed by atoms with Crippen molar-refractivity contribution in [3.05, 3.63) is 54.5 Å². The summed E-state index contributed by atoms with van der Waals surface area (Å²) in [6, 6.07) is 11.2. The standard InChI is InChI=1S/C15H12N2O2/c18-15-10-11(7-8-12-4-3-9-19-12)16-13-5-1-2-6-14(13)17-15/h1-9H,10H2,(H,17,18). The number of allylic oxidation sites excluding steroid dienone is 1. The first kappa shape index (κ1) is 11.5. The van der Waals surface area contributed by atoms with E-state index < -0.39 is 0 Å². The molecule has 4 nitrogen and oxygen atoms in total. The first-order valence-electron chi connectivity index (χ1n) is 5.99. The molecule has 1 aromatic heterocycles. The van der Waals surface area contributed by atoms with E-state index in [1.54, 1.807) is 18.4 Å². The SMILES string of the molecule is O=C1CC(C=Cc2ccco2)=Nc2ccccc2N1. The molecule has 0 fully saturated rings. The van der Waals surface area contributed by atoms with Crippen LogP contribution in [0.25, 0.3) is 6.08 Å². The maximum absolute atomic E-state index is 11.8. The number of furan rings is 1. The average molecular weight is 252 g/mol. The maximum Gasteiger partial charge on any atom is 0.230 e. The zero-order valence-corrected chi connectivity index (χ0v) is 10.2. The molecule has 1 N–H and O–H groups in total. The molecular formula is C15H12N2O2. The molecule has 2 aromatic rings. The van der Waals surface area contributed by atoms with Crippen molar-refractivity contribution in [3.8, 4) is 0 Å². The normalized spacial score (nSPS) is 14.7. The number of carbonyl (C=O) groups is 1. The van der Waals surface area contributed by atoms with Crippen LogP contribution >= 0.6 is 0 Å². The number of aliphatic imine (C=N–C) groups is 1. The van der Waals surface area contributed by atoms with Gasteiger partial charge in [0.1, 0.15) is 5.76 Å². The molecule has 1 aromatic carbocycles. The van der Waals surface area contributed by atoms with Crippen LogP contribution in [0.5, 0.6) is 0 Å². The fraction of sp³-hybridized carbons (Fsp3) is 0.0667. The van der Waals surface area contributed by atoms with E-state index >= 15 is 0 Å². The predicted octanol–water partition coefficient (Wildman–Crippen LogP) is 3.41. The number of fused-ring (bicyclic) bond motifs is 1. The number of benzene rings is 1. The van der Waals surface area contributed by atoms with Crippen molar-refractivity contribution in [2.45, 2.75) is 6.42 Å². The molecular weight excluding hydrogens is 240 g/mol. The molecule has 0 bridgehead atoms. The van der Waals surface area contributed by atoms with Gasteiger partial charge in [0.25, 0.3) is 0 Å². The van der Waals surface area contributed by atoms with Crippen LogP contribution in [-0.2, 0) is 4.79 Å². The van der Waals surface area contributed by atoms with Crippen LogP contribution < -0.4 is 5.32 Å². The van der Waals surface area contributed by atoms with Crippen LogP contribution in [0.4, 0.5) is 11.4 Å². The molecule has 2 heterocycles. The van der Waals surface area contributed by atoms with Gasteiger partial charge in [-0.15, -0.1) is 0 Å². The number of carbonyl (C=O) groups excluding carboxylic acids is 1. The Morgan fingerprint density at radius 3 is 2.89 bits per heavy atom. The number of hydrogen-bond acceptors (Lipinski definition) is 3. The molecule has 1 aliphatic heterocycles. The molecule has 1 aliphatic rings. The van der Waals surface area contributed by atoms with Gasteiger partial charge >= 0.3 is 0 Å². The van der Waals surface area contributed by atoms with E-state index in [4.69, 9.17) is 4.42 Å². The Labute approximate surface area is 110 Å². The second-order valence-electron chi connectivity index (χ2n) is 4.19. The summed E-state index contributed by atoms with van der Waals surface area (Å²) >= 11 is 0. The van der Waals surface area contributed by atoms with Gasteiger partial charge < -0.3 is 9.73 Å². The minimum atomic E-state index is -0.0622. The van der Waals surface area contributed by atoms with Crippen LogP contribution in [0, 0.1) is 0 Å². The first-order chi connectivity index (χ1) is 9.31. The molecule has 0 atom stereocenters. The van der Waals surface area contributed by atoms with Crippen LogP contribution in [0.15, 0.2) is 58.1 Å². The van der Waals surface area contributed by atoms with Crippen molar-refractivity contribution >= 4 is 29.1 Å². The topological polar surface area (TPSA) is 54.6 Å². The summed E-state index contributed by atoms with van der Waals surface area (Å²) in [5.74, 6) is 0.674. The summed E-state index contributed by atoms with van der Waals surface area (Å²) < 4.78 is 5.21. The lowest BCUT2D eigenvalue weighted by molar-refractivity contribution is -0.115. The lowest BCUT2D eigenvalue weighted by Gasteiger charge is -2.02. The smallest absolute Gasteiger partial charge is 0.230 e. The lowest BCUT2D eigenvalue weighted by Crippen LogP contribution is -2.13. The van der Waals surface area contributed by atoms with E-state index in [0.717, 1.165) is 17.1 Å². The monoisotopic (exact) mass is 252 g/mol. The van der Waals surface area contributed by atoms with Crippen molar-refractivity contribution in [2.75, 3.05) is 5.32 Å². The number of para-hydroxylation sites is 2. The Kier molecular flexibility index (Phi) is 2.98. The van der Waals surface area contributed by atoms with Gasteiger partial charge in [-0.2, -0.15) is 0 Å². The molecule has 19 heavy (non-hydrogen) atoms. The van der Waals surface area contributed by atoms with E-state index in [0.29, 0.717) is 5.71 Å². The van der Waals surface area contributed by atoms with Gasteiger partial charge in [-0.25, -0.2) is 0 Å². The van der Waals surface area contributed by atoms with Gasteiger partial charge in [-0.3, -0.25) is 9.79 Å². The van der Waals surface area contributed by atoms with Crippen molar-refractivity contribution in [1.29, 1.82) is 0 Å². The molecule has 3 rings (SSSR count). The first-order valence-corrected chi connectivity index (χ1v) is 5.99. The number of hydrogen-bond donors (Lipinski definition) is 1. The summed E-state index contributed by atoms with van der Waals surface area (Å²) in [4.78, 5) is 16.3. The molecule has 0 saturated carbocycles. The lowest BCUT2D eigenvalue weighted by atomic mass is 10.2. The zero-order valence-electron chi connectivity index (χ0n) is 10.2. The maximum atomic E-state index is 11.8. The second kappa shape index (κ2) is 4.94. The Balaban J connectivity index is 1.93. The van der Waals surface area contributed by atoms with E-state index in [9.17, 15) is 4.79 Å². The number of nitrogens with zero attached hydrogens (tertiary/aromatic N) is 1. The molecule has 0 aliphatic carbocycles. The Hall–Kier alpha value is -2.62. The highest BCUT2D eigenvalue weighted by Gasteiger charge is 2.13. The average Bonchev–Trinajstić information content (AvgIpc) is 2.85. The number of amides is 1. The second-order valence-corrected chi connectivity index (χ2v) is 4.19. The van der Waals surface area contributed by atoms with Gasteiger partial charge in [-0.1, -0.05) is 12.1 Å². The largest absolute Gasteiger partial charge is 0.465 e. The molecule has 1 amide bonds. The van der Waals surface area contributed by atoms with E-state index in [1.807, 2.05) is 36.4 Å². The van der Waals surface area contributed by atoms with Crippen molar-refractivity contribution in [2.24, 2.45) is 4.99 Å². The van der Waals surface area contributed by atoms with Gasteiger partial charge in [0.05, 0.1) is 29.8 Å². The van der Waals surface area contributed by atoms with Crippen LogP contribution in [-0.4, -0.2) is 11.6 Å². The Bertz CT molecular complexity index is 655. The summed E-state index contributed by atoms with van der Waals surface area (Å²) in [5, 5.41) is 2.83. The number of nitrogens with one attached hydrogen (secondary N) is 1. The fourth-order valence-electron chi connectivity index (χ4n) is 1.89. The van der Waals surface area contributed by atoms with Gasteiger partial charge in [0.2, 0.25) is 5.91 Å². The van der Waals surface area contributed by atoms with Crippen molar-refractivity contribution in [1.82, 2.24) is 0 Å². The molecule has 0 saturated heterocycles. The van der Waals surface area contributed by atoms with Crippen LogP contribution in [0.3, 0.4) is 0 Å². The third kappa shape index (κ3) is 2.63. The Morgan fingerprint density at radius 1 is 1.16 bits per heavy atom. The minimum absolute atomic E-state index is 0.0622. The minimum Gasteiger partial charge on any atom is -0.465 e. The van der Waals surface area contributed by atoms with Crippen LogP contribution in [0.2, 0.25) is 0 Å².